The Balaban J connectivity index is 1.82. The van der Waals surface area contributed by atoms with Crippen LogP contribution in [0.1, 0.15) is 12.5 Å². The fraction of sp³-hybridized carbons (Fsp3) is 0.364. The molecule has 2 aromatic rings. The number of carbonyl (C=O) groups is 2. The van der Waals surface area contributed by atoms with Crippen LogP contribution >= 0.6 is 0 Å². The van der Waals surface area contributed by atoms with Gasteiger partial charge in [0.05, 0.1) is 19.3 Å². The summed E-state index contributed by atoms with van der Waals surface area (Å²) in [6, 6.07) is 15.3. The van der Waals surface area contributed by atoms with Gasteiger partial charge in [-0.2, -0.15) is 0 Å². The topological polar surface area (TPSA) is 75.1 Å². The van der Waals surface area contributed by atoms with Gasteiger partial charge in [-0.05, 0) is 36.8 Å². The van der Waals surface area contributed by atoms with Crippen LogP contribution < -0.4 is 25.2 Å². The second-order valence-electron chi connectivity index (χ2n) is 7.04. The summed E-state index contributed by atoms with van der Waals surface area (Å²) in [6.07, 6.45) is 0. The van der Waals surface area contributed by atoms with Crippen molar-refractivity contribution in [2.45, 2.75) is 13.5 Å². The van der Waals surface area contributed by atoms with Crippen molar-refractivity contribution in [2.75, 3.05) is 51.1 Å². The Hall–Kier alpha value is -3.06. The lowest BCUT2D eigenvalue weighted by Gasteiger charge is -2.17. The molecule has 2 aromatic carbocycles. The lowest BCUT2D eigenvalue weighted by Crippen LogP contribution is -3.13. The molecule has 0 aliphatic carbocycles. The van der Waals surface area contributed by atoms with Gasteiger partial charge in [-0.15, -0.1) is 0 Å². The molecule has 0 bridgehead atoms. The molecule has 2 amide bonds. The molecule has 0 heterocycles. The van der Waals surface area contributed by atoms with E-state index in [1.165, 1.54) is 0 Å². The third kappa shape index (κ3) is 7.12. The molecule has 0 aromatic heterocycles. The number of nitrogens with one attached hydrogen (secondary N) is 3. The second-order valence-corrected chi connectivity index (χ2v) is 7.04. The van der Waals surface area contributed by atoms with Crippen molar-refractivity contribution in [2.24, 2.45) is 0 Å². The van der Waals surface area contributed by atoms with Crippen molar-refractivity contribution in [3.63, 3.8) is 0 Å². The van der Waals surface area contributed by atoms with Crippen molar-refractivity contribution in [1.82, 2.24) is 5.32 Å². The van der Waals surface area contributed by atoms with E-state index in [1.807, 2.05) is 62.3 Å². The summed E-state index contributed by atoms with van der Waals surface area (Å²) >= 11 is 0. The quantitative estimate of drug-likeness (QED) is 0.556. The van der Waals surface area contributed by atoms with E-state index in [4.69, 9.17) is 4.74 Å². The maximum absolute atomic E-state index is 12.4. The van der Waals surface area contributed by atoms with Gasteiger partial charge in [0.2, 0.25) is 0 Å². The summed E-state index contributed by atoms with van der Waals surface area (Å²) < 4.78 is 5.25. The van der Waals surface area contributed by atoms with E-state index in [9.17, 15) is 9.59 Å². The number of methoxy groups -OCH3 is 1. The van der Waals surface area contributed by atoms with Crippen LogP contribution in [0.2, 0.25) is 0 Å². The fourth-order valence-electron chi connectivity index (χ4n) is 2.88. The summed E-state index contributed by atoms with van der Waals surface area (Å²) in [4.78, 5) is 27.6. The fourth-order valence-corrected chi connectivity index (χ4v) is 2.88. The van der Waals surface area contributed by atoms with E-state index in [1.54, 1.807) is 19.2 Å². The standard InChI is InChI=1S/C22H30N4O3/c1-5-26(16-22(28)24-19-8-6-7-9-20(19)29-4)15-21(27)23-14-17-10-12-18(13-11-17)25(2)3/h6-13H,5,14-16H2,1-4H3,(H,23,27)(H,24,28)/p+1. The van der Waals surface area contributed by atoms with Gasteiger partial charge < -0.3 is 25.2 Å². The summed E-state index contributed by atoms with van der Waals surface area (Å²) in [5, 5.41) is 5.78. The van der Waals surface area contributed by atoms with Gasteiger partial charge >= 0.3 is 0 Å². The summed E-state index contributed by atoms with van der Waals surface area (Å²) in [5.41, 5.74) is 2.78. The molecule has 0 radical (unpaired) electrons. The Labute approximate surface area is 172 Å². The van der Waals surface area contributed by atoms with Gasteiger partial charge in [-0.3, -0.25) is 9.59 Å². The first-order chi connectivity index (χ1) is 13.9. The number of hydrogen-bond donors (Lipinski definition) is 3. The SMILES string of the molecule is CC[NH+](CC(=O)NCc1ccc(N(C)C)cc1)CC(=O)Nc1ccccc1OC. The molecule has 2 rings (SSSR count). The van der Waals surface area contributed by atoms with E-state index < -0.39 is 0 Å². The van der Waals surface area contributed by atoms with Crippen LogP contribution in [0.3, 0.4) is 0 Å². The third-order valence-corrected chi connectivity index (χ3v) is 4.64. The van der Waals surface area contributed by atoms with Crippen LogP contribution in [0, 0.1) is 0 Å². The number of carbonyl (C=O) groups excluding carboxylic acids is 2. The average molecular weight is 400 g/mol. The molecule has 0 spiro atoms. The van der Waals surface area contributed by atoms with Crippen molar-refractivity contribution >= 4 is 23.2 Å². The minimum atomic E-state index is -0.154. The number of ether oxygens (including phenoxy) is 1. The molecule has 0 aliphatic rings. The maximum atomic E-state index is 12.4. The third-order valence-electron chi connectivity index (χ3n) is 4.64. The number of likely N-dealkylation sites (N-methyl/N-ethyl adjacent to an activating group) is 1. The number of rotatable bonds is 10. The molecule has 156 valence electrons. The summed E-state index contributed by atoms with van der Waals surface area (Å²) in [7, 11) is 5.54. The zero-order valence-corrected chi connectivity index (χ0v) is 17.6. The van der Waals surface area contributed by atoms with E-state index in [-0.39, 0.29) is 24.9 Å². The van der Waals surface area contributed by atoms with Crippen LogP contribution in [0.15, 0.2) is 48.5 Å². The molecule has 1 unspecified atom stereocenters. The van der Waals surface area contributed by atoms with Gasteiger partial charge in [-0.25, -0.2) is 0 Å². The first-order valence-electron chi connectivity index (χ1n) is 9.72. The van der Waals surface area contributed by atoms with Crippen molar-refractivity contribution in [3.05, 3.63) is 54.1 Å². The van der Waals surface area contributed by atoms with Gasteiger partial charge in [0.1, 0.15) is 5.75 Å². The van der Waals surface area contributed by atoms with Crippen LogP contribution in [-0.4, -0.2) is 52.7 Å². The molecular formula is C22H31N4O3+. The highest BCUT2D eigenvalue weighted by molar-refractivity contribution is 5.93. The highest BCUT2D eigenvalue weighted by atomic mass is 16.5. The van der Waals surface area contributed by atoms with Gasteiger partial charge in [-0.1, -0.05) is 24.3 Å². The second kappa shape index (κ2) is 11.1. The Morgan fingerprint density at radius 1 is 1.00 bits per heavy atom. The minimum Gasteiger partial charge on any atom is -0.495 e. The Kier molecular flexibility index (Phi) is 8.48. The molecule has 0 saturated heterocycles. The number of amides is 2. The van der Waals surface area contributed by atoms with Crippen LogP contribution in [-0.2, 0) is 16.1 Å². The lowest BCUT2D eigenvalue weighted by atomic mass is 10.2. The van der Waals surface area contributed by atoms with Crippen LogP contribution in [0.4, 0.5) is 11.4 Å². The molecule has 29 heavy (non-hydrogen) atoms. The van der Waals surface area contributed by atoms with Crippen LogP contribution in [0.25, 0.3) is 0 Å². The van der Waals surface area contributed by atoms with Gasteiger partial charge in [0.15, 0.2) is 13.1 Å². The number of para-hydroxylation sites is 2. The summed E-state index contributed by atoms with van der Waals surface area (Å²) in [6.45, 7) is 3.55. The molecule has 0 aliphatic heterocycles. The number of anilines is 2. The normalized spacial score (nSPS) is 11.4. The molecule has 0 fully saturated rings. The highest BCUT2D eigenvalue weighted by Crippen LogP contribution is 2.22. The van der Waals surface area contributed by atoms with E-state index in [0.29, 0.717) is 24.5 Å². The highest BCUT2D eigenvalue weighted by Gasteiger charge is 2.17. The first-order valence-corrected chi connectivity index (χ1v) is 9.72. The Morgan fingerprint density at radius 2 is 1.66 bits per heavy atom. The van der Waals surface area contributed by atoms with Crippen molar-refractivity contribution in [1.29, 1.82) is 0 Å². The molecule has 1 atom stereocenters. The maximum Gasteiger partial charge on any atom is 0.279 e. The van der Waals surface area contributed by atoms with Crippen molar-refractivity contribution < 1.29 is 19.2 Å². The predicted octanol–water partition coefficient (Wildman–Crippen LogP) is 0.921. The lowest BCUT2D eigenvalue weighted by molar-refractivity contribution is -0.881. The van der Waals surface area contributed by atoms with E-state index >= 15 is 0 Å². The number of hydrogen-bond acceptors (Lipinski definition) is 4. The molecule has 7 nitrogen and oxygen atoms in total. The largest absolute Gasteiger partial charge is 0.495 e. The van der Waals surface area contributed by atoms with Crippen LogP contribution in [0.5, 0.6) is 5.75 Å². The number of nitrogens with zero attached hydrogens (tertiary/aromatic N) is 1. The molecular weight excluding hydrogens is 368 g/mol. The zero-order chi connectivity index (χ0) is 21.2. The van der Waals surface area contributed by atoms with E-state index in [0.717, 1.165) is 16.2 Å². The van der Waals surface area contributed by atoms with Gasteiger partial charge in [0, 0.05) is 26.3 Å². The molecule has 3 N–H and O–H groups in total. The monoisotopic (exact) mass is 399 g/mol. The Morgan fingerprint density at radius 3 is 2.28 bits per heavy atom. The van der Waals surface area contributed by atoms with Gasteiger partial charge in [0.25, 0.3) is 11.8 Å². The van der Waals surface area contributed by atoms with E-state index in [2.05, 4.69) is 10.6 Å². The molecule has 7 heteroatoms. The Bertz CT molecular complexity index is 806. The minimum absolute atomic E-state index is 0.0800. The smallest absolute Gasteiger partial charge is 0.279 e. The molecule has 0 saturated carbocycles. The number of quaternary nitrogens is 1. The first kappa shape index (κ1) is 22.2. The average Bonchev–Trinajstić information content (AvgIpc) is 2.72. The summed E-state index contributed by atoms with van der Waals surface area (Å²) in [5.74, 6) is 0.374. The predicted molar refractivity (Wildman–Crippen MR) is 115 cm³/mol. The van der Waals surface area contributed by atoms with Crippen molar-refractivity contribution in [3.8, 4) is 5.75 Å². The number of benzene rings is 2. The zero-order valence-electron chi connectivity index (χ0n) is 17.6.